The zero-order chi connectivity index (χ0) is 11.9. The molecule has 4 fully saturated rings. The van der Waals surface area contributed by atoms with E-state index in [2.05, 4.69) is 0 Å². The Morgan fingerprint density at radius 1 is 0.611 bits per heavy atom. The van der Waals surface area contributed by atoms with E-state index in [0.717, 1.165) is 37.9 Å². The molecule has 0 aromatic rings. The van der Waals surface area contributed by atoms with E-state index in [1.54, 1.807) is 0 Å². The van der Waals surface area contributed by atoms with Crippen LogP contribution in [-0.2, 0) is 18.9 Å². The minimum absolute atomic E-state index is 0.255. The first-order valence-corrected chi connectivity index (χ1v) is 8.73. The number of rotatable bonds is 1. The Balaban J connectivity index is 1.49. The summed E-state index contributed by atoms with van der Waals surface area (Å²) in [5.74, 6) is 2.12. The lowest BCUT2D eigenvalue weighted by molar-refractivity contribution is -0.142. The Morgan fingerprint density at radius 2 is 1.06 bits per heavy atom. The average molecular weight is 290 g/mol. The molecule has 0 spiro atoms. The van der Waals surface area contributed by atoms with Gasteiger partial charge in [0.25, 0.3) is 0 Å². The van der Waals surface area contributed by atoms with E-state index >= 15 is 0 Å². The Morgan fingerprint density at radius 3 is 1.56 bits per heavy atom. The molecule has 0 aromatic carbocycles. The van der Waals surface area contributed by atoms with Crippen molar-refractivity contribution >= 4 is 23.5 Å². The lowest BCUT2D eigenvalue weighted by Crippen LogP contribution is -2.49. The topological polar surface area (TPSA) is 36.9 Å². The highest BCUT2D eigenvalue weighted by molar-refractivity contribution is 8.04. The maximum Gasteiger partial charge on any atom is 0.0975 e. The van der Waals surface area contributed by atoms with E-state index in [4.69, 9.17) is 18.9 Å². The van der Waals surface area contributed by atoms with Crippen LogP contribution in [0.4, 0.5) is 0 Å². The van der Waals surface area contributed by atoms with Crippen LogP contribution >= 0.6 is 23.5 Å². The van der Waals surface area contributed by atoms with Crippen molar-refractivity contribution in [3.05, 3.63) is 0 Å². The van der Waals surface area contributed by atoms with E-state index in [1.165, 1.54) is 0 Å². The molecule has 6 atom stereocenters. The van der Waals surface area contributed by atoms with Crippen molar-refractivity contribution in [1.29, 1.82) is 0 Å². The molecular weight excluding hydrogens is 272 g/mol. The molecule has 4 aliphatic rings. The van der Waals surface area contributed by atoms with Crippen LogP contribution in [0.15, 0.2) is 0 Å². The third-order valence-electron chi connectivity index (χ3n) is 4.06. The molecule has 4 aliphatic heterocycles. The highest BCUT2D eigenvalue weighted by atomic mass is 32.2. The molecule has 0 amide bonds. The quantitative estimate of drug-likeness (QED) is 0.710. The number of thioether (sulfide) groups is 2. The zero-order valence-corrected chi connectivity index (χ0v) is 11.8. The molecule has 6 heteroatoms. The van der Waals surface area contributed by atoms with Crippen LogP contribution in [-0.4, -0.2) is 72.8 Å². The maximum absolute atomic E-state index is 5.95. The summed E-state index contributed by atoms with van der Waals surface area (Å²) >= 11 is 3.99. The second-order valence-corrected chi connectivity index (χ2v) is 7.51. The Kier molecular flexibility index (Phi) is 3.51. The van der Waals surface area contributed by atoms with Crippen molar-refractivity contribution in [3.8, 4) is 0 Å². The second kappa shape index (κ2) is 5.14. The first kappa shape index (κ1) is 12.3. The van der Waals surface area contributed by atoms with Crippen LogP contribution in [0.2, 0.25) is 0 Å². The van der Waals surface area contributed by atoms with Crippen molar-refractivity contribution in [2.24, 2.45) is 0 Å². The third kappa shape index (κ3) is 2.01. The van der Waals surface area contributed by atoms with Crippen LogP contribution in [0.3, 0.4) is 0 Å². The van der Waals surface area contributed by atoms with Gasteiger partial charge < -0.3 is 18.9 Å². The van der Waals surface area contributed by atoms with Gasteiger partial charge in [0, 0.05) is 22.0 Å². The largest absolute Gasteiger partial charge is 0.372 e. The lowest BCUT2D eigenvalue weighted by atomic mass is 10.0. The third-order valence-corrected chi connectivity index (χ3v) is 7.17. The Hall–Kier alpha value is 0.540. The van der Waals surface area contributed by atoms with Crippen LogP contribution in [0.1, 0.15) is 0 Å². The van der Waals surface area contributed by atoms with Gasteiger partial charge in [-0.05, 0) is 0 Å². The average Bonchev–Trinajstić information content (AvgIpc) is 3.01. The number of hydrogen-bond acceptors (Lipinski definition) is 6. The molecule has 0 aromatic heterocycles. The predicted molar refractivity (Wildman–Crippen MR) is 71.5 cm³/mol. The van der Waals surface area contributed by atoms with Gasteiger partial charge in [-0.3, -0.25) is 0 Å². The summed E-state index contributed by atoms with van der Waals surface area (Å²) < 4.78 is 23.5. The SMILES string of the molecule is C1COC2C(CSC2C2SCC3OCCOC32)O1. The molecule has 102 valence electrons. The monoisotopic (exact) mass is 290 g/mol. The van der Waals surface area contributed by atoms with Crippen molar-refractivity contribution in [2.45, 2.75) is 34.9 Å². The first-order valence-electron chi connectivity index (χ1n) is 6.63. The van der Waals surface area contributed by atoms with Gasteiger partial charge >= 0.3 is 0 Å². The van der Waals surface area contributed by atoms with Gasteiger partial charge in [-0.25, -0.2) is 0 Å². The fourth-order valence-corrected chi connectivity index (χ4v) is 6.68. The Labute approximate surface area is 115 Å². The summed E-state index contributed by atoms with van der Waals surface area (Å²) in [6.07, 6.45) is 1.09. The van der Waals surface area contributed by atoms with Crippen LogP contribution < -0.4 is 0 Å². The van der Waals surface area contributed by atoms with Crippen LogP contribution in [0.5, 0.6) is 0 Å². The number of fused-ring (bicyclic) bond motifs is 2. The van der Waals surface area contributed by atoms with E-state index < -0.39 is 0 Å². The predicted octanol–water partition coefficient (Wildman–Crippen LogP) is 0.785. The van der Waals surface area contributed by atoms with E-state index in [0.29, 0.717) is 10.5 Å². The minimum atomic E-state index is 0.255. The standard InChI is InChI=1S/C12H18O4S2/c1-3-15-9-7(13-1)5-17-11(9)12-10-8(6-18-12)14-2-4-16-10/h7-12H,1-6H2. The lowest BCUT2D eigenvalue weighted by Gasteiger charge is -2.35. The molecule has 0 radical (unpaired) electrons. The second-order valence-electron chi connectivity index (χ2n) is 5.09. The molecule has 4 saturated heterocycles. The molecule has 0 N–H and O–H groups in total. The highest BCUT2D eigenvalue weighted by Gasteiger charge is 2.52. The maximum atomic E-state index is 5.95. The van der Waals surface area contributed by atoms with Gasteiger partial charge in [0.1, 0.15) is 0 Å². The first-order chi connectivity index (χ1) is 8.93. The van der Waals surface area contributed by atoms with E-state index in [1.807, 2.05) is 23.5 Å². The molecule has 18 heavy (non-hydrogen) atoms. The van der Waals surface area contributed by atoms with Crippen molar-refractivity contribution < 1.29 is 18.9 Å². The summed E-state index contributed by atoms with van der Waals surface area (Å²) in [5, 5.41) is 0.994. The van der Waals surface area contributed by atoms with Crippen molar-refractivity contribution in [3.63, 3.8) is 0 Å². The Bertz CT molecular complexity index is 286. The van der Waals surface area contributed by atoms with Gasteiger partial charge in [-0.15, -0.1) is 0 Å². The summed E-state index contributed by atoms with van der Waals surface area (Å²) in [6.45, 7) is 2.97. The number of ether oxygens (including phenoxy) is 4. The van der Waals surface area contributed by atoms with Crippen LogP contribution in [0, 0.1) is 0 Å². The highest BCUT2D eigenvalue weighted by Crippen LogP contribution is 2.45. The summed E-state index contributed by atoms with van der Waals surface area (Å²) in [5.41, 5.74) is 0. The molecular formula is C12H18O4S2. The van der Waals surface area contributed by atoms with Gasteiger partial charge in [0.15, 0.2) is 0 Å². The van der Waals surface area contributed by atoms with Gasteiger partial charge in [-0.1, -0.05) is 0 Å². The molecule has 6 unspecified atom stereocenters. The van der Waals surface area contributed by atoms with Gasteiger partial charge in [0.05, 0.1) is 50.8 Å². The molecule has 4 rings (SSSR count). The van der Waals surface area contributed by atoms with E-state index in [9.17, 15) is 0 Å². The fraction of sp³-hybridized carbons (Fsp3) is 1.00. The molecule has 0 saturated carbocycles. The normalized spacial score (nSPS) is 52.0. The van der Waals surface area contributed by atoms with Crippen molar-refractivity contribution in [1.82, 2.24) is 0 Å². The molecule has 4 heterocycles. The summed E-state index contributed by atoms with van der Waals surface area (Å²) in [7, 11) is 0. The summed E-state index contributed by atoms with van der Waals surface area (Å²) in [4.78, 5) is 0. The van der Waals surface area contributed by atoms with Gasteiger partial charge in [-0.2, -0.15) is 23.5 Å². The van der Waals surface area contributed by atoms with Crippen molar-refractivity contribution in [2.75, 3.05) is 37.9 Å². The summed E-state index contributed by atoms with van der Waals surface area (Å²) in [6, 6.07) is 0. The zero-order valence-electron chi connectivity index (χ0n) is 10.2. The number of hydrogen-bond donors (Lipinski definition) is 0. The molecule has 0 aliphatic carbocycles. The van der Waals surface area contributed by atoms with Crippen LogP contribution in [0.25, 0.3) is 0 Å². The molecule has 0 bridgehead atoms. The minimum Gasteiger partial charge on any atom is -0.372 e. The fourth-order valence-electron chi connectivity index (χ4n) is 3.24. The molecule has 4 nitrogen and oxygen atoms in total. The smallest absolute Gasteiger partial charge is 0.0975 e. The van der Waals surface area contributed by atoms with Gasteiger partial charge in [0.2, 0.25) is 0 Å². The van der Waals surface area contributed by atoms with E-state index in [-0.39, 0.29) is 24.4 Å².